The van der Waals surface area contributed by atoms with Crippen molar-refractivity contribution in [2.45, 2.75) is 38.3 Å². The first-order valence-electron chi connectivity index (χ1n) is 8.86. The Kier molecular flexibility index (Phi) is 5.28. The standard InChI is InChI=1S/C18H30N4O/c1-14(18-13-20-8-11-23-18)21(2)15-6-7-16(19)17(12-15)22-9-4-3-5-10-22/h6-7,12,14,18,20H,3-5,8-11,13,19H2,1-2H3. The Hall–Kier alpha value is -1.46. The molecule has 3 N–H and O–H groups in total. The van der Waals surface area contributed by atoms with E-state index in [1.54, 1.807) is 0 Å². The summed E-state index contributed by atoms with van der Waals surface area (Å²) in [5.41, 5.74) is 9.52. The number of hydrogen-bond acceptors (Lipinski definition) is 5. The Morgan fingerprint density at radius 3 is 2.78 bits per heavy atom. The maximum absolute atomic E-state index is 6.24. The molecule has 0 bridgehead atoms. The van der Waals surface area contributed by atoms with Crippen LogP contribution in [0, 0.1) is 0 Å². The minimum atomic E-state index is 0.227. The van der Waals surface area contributed by atoms with Gasteiger partial charge in [0.1, 0.15) is 0 Å². The fourth-order valence-electron chi connectivity index (χ4n) is 3.54. The van der Waals surface area contributed by atoms with Crippen LogP contribution >= 0.6 is 0 Å². The molecule has 2 fully saturated rings. The molecule has 128 valence electrons. The summed E-state index contributed by atoms with van der Waals surface area (Å²) in [7, 11) is 2.15. The Labute approximate surface area is 139 Å². The van der Waals surface area contributed by atoms with Crippen molar-refractivity contribution in [2.24, 2.45) is 0 Å². The lowest BCUT2D eigenvalue weighted by Gasteiger charge is -2.37. The van der Waals surface area contributed by atoms with Crippen LogP contribution in [0.15, 0.2) is 18.2 Å². The second-order valence-corrected chi connectivity index (χ2v) is 6.76. The molecule has 2 aliphatic rings. The molecule has 0 radical (unpaired) electrons. The molecule has 2 aliphatic heterocycles. The van der Waals surface area contributed by atoms with Crippen molar-refractivity contribution in [3.8, 4) is 0 Å². The van der Waals surface area contributed by atoms with Gasteiger partial charge >= 0.3 is 0 Å². The van der Waals surface area contributed by atoms with Crippen LogP contribution in [-0.2, 0) is 4.74 Å². The number of hydrogen-bond donors (Lipinski definition) is 2. The number of nitrogens with zero attached hydrogens (tertiary/aromatic N) is 2. The van der Waals surface area contributed by atoms with Crippen molar-refractivity contribution in [3.05, 3.63) is 18.2 Å². The Balaban J connectivity index is 1.75. The molecule has 1 aromatic carbocycles. The van der Waals surface area contributed by atoms with E-state index in [1.807, 2.05) is 6.07 Å². The predicted octanol–water partition coefficient (Wildman–Crippen LogP) is 2.07. The van der Waals surface area contributed by atoms with Gasteiger partial charge < -0.3 is 25.6 Å². The lowest BCUT2D eigenvalue weighted by atomic mass is 10.1. The van der Waals surface area contributed by atoms with E-state index in [2.05, 4.69) is 41.2 Å². The molecule has 0 amide bonds. The zero-order chi connectivity index (χ0) is 16.2. The van der Waals surface area contributed by atoms with Crippen molar-refractivity contribution in [3.63, 3.8) is 0 Å². The number of rotatable bonds is 4. The molecule has 3 rings (SSSR count). The first-order chi connectivity index (χ1) is 11.2. The van der Waals surface area contributed by atoms with Crippen LogP contribution in [0.2, 0.25) is 0 Å². The molecule has 1 aromatic rings. The van der Waals surface area contributed by atoms with E-state index in [4.69, 9.17) is 10.5 Å². The van der Waals surface area contributed by atoms with Gasteiger partial charge in [-0.25, -0.2) is 0 Å². The second kappa shape index (κ2) is 7.41. The van der Waals surface area contributed by atoms with Crippen LogP contribution in [-0.4, -0.2) is 52.0 Å². The van der Waals surface area contributed by atoms with Gasteiger partial charge in [0.2, 0.25) is 0 Å². The van der Waals surface area contributed by atoms with Crippen molar-refractivity contribution in [1.29, 1.82) is 0 Å². The maximum atomic E-state index is 6.24. The van der Waals surface area contributed by atoms with Gasteiger partial charge in [0.25, 0.3) is 0 Å². The molecule has 2 unspecified atom stereocenters. The summed E-state index contributed by atoms with van der Waals surface area (Å²) in [6, 6.07) is 6.73. The molecule has 5 nitrogen and oxygen atoms in total. The zero-order valence-corrected chi connectivity index (χ0v) is 14.4. The van der Waals surface area contributed by atoms with E-state index in [0.717, 1.165) is 38.5 Å². The van der Waals surface area contributed by atoms with E-state index in [1.165, 1.54) is 30.6 Å². The average molecular weight is 318 g/mol. The van der Waals surface area contributed by atoms with Crippen LogP contribution in [0.5, 0.6) is 0 Å². The third-order valence-electron chi connectivity index (χ3n) is 5.22. The molecule has 2 heterocycles. The Morgan fingerprint density at radius 1 is 1.30 bits per heavy atom. The fraction of sp³-hybridized carbons (Fsp3) is 0.667. The van der Waals surface area contributed by atoms with E-state index in [0.29, 0.717) is 6.04 Å². The third-order valence-corrected chi connectivity index (χ3v) is 5.22. The first kappa shape index (κ1) is 16.4. The molecule has 2 atom stereocenters. The number of benzene rings is 1. The van der Waals surface area contributed by atoms with Gasteiger partial charge in [0, 0.05) is 38.9 Å². The topological polar surface area (TPSA) is 53.8 Å². The largest absolute Gasteiger partial charge is 0.397 e. The van der Waals surface area contributed by atoms with Crippen LogP contribution in [0.4, 0.5) is 17.1 Å². The highest BCUT2D eigenvalue weighted by Gasteiger charge is 2.25. The molecule has 2 saturated heterocycles. The zero-order valence-electron chi connectivity index (χ0n) is 14.4. The molecule has 23 heavy (non-hydrogen) atoms. The van der Waals surface area contributed by atoms with Gasteiger partial charge in [-0.1, -0.05) is 0 Å². The summed E-state index contributed by atoms with van der Waals surface area (Å²) in [6.07, 6.45) is 4.08. The number of ether oxygens (including phenoxy) is 1. The van der Waals surface area contributed by atoms with Gasteiger partial charge in [0.15, 0.2) is 0 Å². The quantitative estimate of drug-likeness (QED) is 0.833. The number of likely N-dealkylation sites (N-methyl/N-ethyl adjacent to an activating group) is 1. The van der Waals surface area contributed by atoms with Crippen molar-refractivity contribution < 1.29 is 4.74 Å². The summed E-state index contributed by atoms with van der Waals surface area (Å²) in [5.74, 6) is 0. The molecule has 5 heteroatoms. The molecule has 0 saturated carbocycles. The van der Waals surface area contributed by atoms with Gasteiger partial charge in [0.05, 0.1) is 30.1 Å². The average Bonchev–Trinajstić information content (AvgIpc) is 2.62. The van der Waals surface area contributed by atoms with Crippen LogP contribution in [0.25, 0.3) is 0 Å². The monoisotopic (exact) mass is 318 g/mol. The predicted molar refractivity (Wildman–Crippen MR) is 97.4 cm³/mol. The fourth-order valence-corrected chi connectivity index (χ4v) is 3.54. The SMILES string of the molecule is CC(C1CNCCO1)N(C)c1ccc(N)c(N2CCCCC2)c1. The van der Waals surface area contributed by atoms with E-state index >= 15 is 0 Å². The van der Waals surface area contributed by atoms with E-state index in [-0.39, 0.29) is 6.10 Å². The Morgan fingerprint density at radius 2 is 2.09 bits per heavy atom. The number of nitrogen functional groups attached to an aromatic ring is 1. The molecule has 0 aromatic heterocycles. The Bertz CT molecular complexity index is 510. The minimum absolute atomic E-state index is 0.227. The van der Waals surface area contributed by atoms with Crippen LogP contribution in [0.1, 0.15) is 26.2 Å². The molecule has 0 aliphatic carbocycles. The lowest BCUT2D eigenvalue weighted by molar-refractivity contribution is 0.0154. The summed E-state index contributed by atoms with van der Waals surface area (Å²) >= 11 is 0. The number of morpholine rings is 1. The second-order valence-electron chi connectivity index (χ2n) is 6.76. The minimum Gasteiger partial charge on any atom is -0.397 e. The summed E-state index contributed by atoms with van der Waals surface area (Å²) in [5, 5.41) is 3.41. The van der Waals surface area contributed by atoms with Gasteiger partial charge in [-0.3, -0.25) is 0 Å². The highest BCUT2D eigenvalue weighted by Crippen LogP contribution is 2.31. The third kappa shape index (κ3) is 3.72. The van der Waals surface area contributed by atoms with Crippen molar-refractivity contribution in [1.82, 2.24) is 5.32 Å². The van der Waals surface area contributed by atoms with Gasteiger partial charge in [-0.15, -0.1) is 0 Å². The number of piperidine rings is 1. The number of anilines is 3. The van der Waals surface area contributed by atoms with E-state index < -0.39 is 0 Å². The molecular formula is C18H30N4O. The molecular weight excluding hydrogens is 288 g/mol. The normalized spacial score (nSPS) is 23.6. The smallest absolute Gasteiger partial charge is 0.0899 e. The maximum Gasteiger partial charge on any atom is 0.0899 e. The van der Waals surface area contributed by atoms with Gasteiger partial charge in [-0.05, 0) is 44.4 Å². The highest BCUT2D eigenvalue weighted by atomic mass is 16.5. The summed E-state index contributed by atoms with van der Waals surface area (Å²) in [4.78, 5) is 4.74. The number of nitrogens with two attached hydrogens (primary N) is 1. The number of nitrogens with one attached hydrogen (secondary N) is 1. The van der Waals surface area contributed by atoms with Crippen LogP contribution < -0.4 is 20.9 Å². The highest BCUT2D eigenvalue weighted by molar-refractivity contribution is 5.73. The summed E-state index contributed by atoms with van der Waals surface area (Å²) < 4.78 is 5.91. The summed E-state index contributed by atoms with van der Waals surface area (Å²) in [6.45, 7) is 7.12. The van der Waals surface area contributed by atoms with Gasteiger partial charge in [-0.2, -0.15) is 0 Å². The van der Waals surface area contributed by atoms with Crippen LogP contribution in [0.3, 0.4) is 0 Å². The lowest BCUT2D eigenvalue weighted by Crippen LogP contribution is -2.50. The first-order valence-corrected chi connectivity index (χ1v) is 8.86. The molecule has 0 spiro atoms. The van der Waals surface area contributed by atoms with Crippen molar-refractivity contribution in [2.75, 3.05) is 55.4 Å². The van der Waals surface area contributed by atoms with E-state index in [9.17, 15) is 0 Å². The van der Waals surface area contributed by atoms with Crippen molar-refractivity contribution >= 4 is 17.1 Å².